The van der Waals surface area contributed by atoms with Crippen molar-refractivity contribution < 1.29 is 15.0 Å². The van der Waals surface area contributed by atoms with E-state index < -0.39 is 11.5 Å². The number of rotatable bonds is 6. The zero-order valence-electron chi connectivity index (χ0n) is 21.9. The Bertz CT molecular complexity index is 1070. The molecule has 1 saturated heterocycles. The van der Waals surface area contributed by atoms with E-state index >= 15 is 0 Å². The third kappa shape index (κ3) is 4.59. The second-order valence-electron chi connectivity index (χ2n) is 12.0. The van der Waals surface area contributed by atoms with Gasteiger partial charge in [-0.25, -0.2) is 4.98 Å². The minimum atomic E-state index is -0.589. The number of fused-ring (bicyclic) bond motifs is 2. The van der Waals surface area contributed by atoms with Crippen LogP contribution in [0.5, 0.6) is 0 Å². The lowest BCUT2D eigenvalue weighted by molar-refractivity contribution is -0.147. The highest BCUT2D eigenvalue weighted by molar-refractivity contribution is 7.15. The van der Waals surface area contributed by atoms with Gasteiger partial charge in [-0.1, -0.05) is 51.1 Å². The zero-order valence-corrected chi connectivity index (χ0v) is 22.7. The number of nitrogens with one attached hydrogen (secondary N) is 1. The highest BCUT2D eigenvalue weighted by Crippen LogP contribution is 2.63. The number of anilines is 1. The van der Waals surface area contributed by atoms with Crippen molar-refractivity contribution >= 4 is 22.4 Å². The summed E-state index contributed by atoms with van der Waals surface area (Å²) < 4.78 is 0. The lowest BCUT2D eigenvalue weighted by atomic mass is 9.47. The minimum Gasteiger partial charge on any atom is -0.396 e. The van der Waals surface area contributed by atoms with E-state index in [1.165, 1.54) is 10.4 Å². The first-order chi connectivity index (χ1) is 17.2. The predicted molar refractivity (Wildman–Crippen MR) is 144 cm³/mol. The normalized spacial score (nSPS) is 32.6. The molecule has 3 N–H and O–H groups in total. The maximum atomic E-state index is 13.6. The topological polar surface area (TPSA) is 85.7 Å². The molecule has 3 aliphatic rings. The molecule has 36 heavy (non-hydrogen) atoms. The van der Waals surface area contributed by atoms with Crippen molar-refractivity contribution in [2.24, 2.45) is 22.7 Å². The summed E-state index contributed by atoms with van der Waals surface area (Å²) in [5.74, 6) is 0.982. The Labute approximate surface area is 219 Å². The summed E-state index contributed by atoms with van der Waals surface area (Å²) in [6.45, 7) is 8.92. The molecule has 0 unspecified atom stereocenters. The molecule has 0 radical (unpaired) electrons. The van der Waals surface area contributed by atoms with Crippen molar-refractivity contribution in [2.45, 2.75) is 77.9 Å². The van der Waals surface area contributed by atoms with Gasteiger partial charge in [0, 0.05) is 42.3 Å². The van der Waals surface area contributed by atoms with Gasteiger partial charge in [0.15, 0.2) is 5.13 Å². The van der Waals surface area contributed by atoms with E-state index in [-0.39, 0.29) is 29.8 Å². The molecule has 196 valence electrons. The van der Waals surface area contributed by atoms with Crippen molar-refractivity contribution in [2.75, 3.05) is 25.0 Å². The second-order valence-corrected chi connectivity index (χ2v) is 13.1. The van der Waals surface area contributed by atoms with Crippen LogP contribution in [-0.2, 0) is 17.8 Å². The van der Waals surface area contributed by atoms with E-state index in [0.717, 1.165) is 49.6 Å². The SMILES string of the molecule is CC1CCN(C(=O)C[C@@H]2c3nc(NCc4ccccc4)sc3C[C@@H]3[C@](C)(CO)[C@H](O)CC[C@]32C)CC1. The van der Waals surface area contributed by atoms with Gasteiger partial charge in [-0.15, -0.1) is 11.3 Å². The molecule has 2 fully saturated rings. The van der Waals surface area contributed by atoms with Crippen molar-refractivity contribution in [3.05, 3.63) is 46.5 Å². The largest absolute Gasteiger partial charge is 0.396 e. The molecule has 1 aromatic heterocycles. The molecule has 5 rings (SSSR count). The van der Waals surface area contributed by atoms with E-state index in [1.54, 1.807) is 11.3 Å². The van der Waals surface area contributed by atoms with Gasteiger partial charge in [0.05, 0.1) is 18.4 Å². The molecule has 0 bridgehead atoms. The number of carbonyl (C=O) groups excluding carboxylic acids is 1. The maximum absolute atomic E-state index is 13.6. The highest BCUT2D eigenvalue weighted by Gasteiger charge is 2.59. The van der Waals surface area contributed by atoms with Crippen LogP contribution in [0.2, 0.25) is 0 Å². The van der Waals surface area contributed by atoms with Crippen molar-refractivity contribution in [3.63, 3.8) is 0 Å². The van der Waals surface area contributed by atoms with Crippen LogP contribution in [-0.4, -0.2) is 51.8 Å². The van der Waals surface area contributed by atoms with E-state index in [2.05, 4.69) is 36.2 Å². The number of hydrogen-bond donors (Lipinski definition) is 3. The van der Waals surface area contributed by atoms with E-state index in [0.29, 0.717) is 25.3 Å². The minimum absolute atomic E-state index is 0.0139. The Morgan fingerprint density at radius 3 is 2.61 bits per heavy atom. The van der Waals surface area contributed by atoms with Gasteiger partial charge < -0.3 is 20.4 Å². The Morgan fingerprint density at radius 1 is 1.19 bits per heavy atom. The maximum Gasteiger partial charge on any atom is 0.223 e. The first kappa shape index (κ1) is 25.7. The van der Waals surface area contributed by atoms with E-state index in [4.69, 9.17) is 4.98 Å². The number of nitrogens with zero attached hydrogens (tertiary/aromatic N) is 2. The van der Waals surface area contributed by atoms with Gasteiger partial charge in [-0.3, -0.25) is 4.79 Å². The molecule has 1 amide bonds. The summed E-state index contributed by atoms with van der Waals surface area (Å²) in [5.41, 5.74) is 1.47. The molecule has 1 aromatic carbocycles. The van der Waals surface area contributed by atoms with E-state index in [9.17, 15) is 15.0 Å². The summed E-state index contributed by atoms with van der Waals surface area (Å²) in [5, 5.41) is 25.9. The number of aromatic nitrogens is 1. The standard InChI is InChI=1S/C29H41N3O3S/c1-19-10-13-32(14-11-19)25(35)15-21-26-22(36-27(31-26)30-17-20-7-5-4-6-8-20)16-23-28(21,2)12-9-24(34)29(23,3)18-33/h4-8,19,21,23-24,33-34H,9-18H2,1-3H3,(H,30,31)/t21-,23+,24-,28+,29+/m1/s1. The van der Waals surface area contributed by atoms with Crippen molar-refractivity contribution in [1.82, 2.24) is 9.88 Å². The van der Waals surface area contributed by atoms with Crippen LogP contribution in [0, 0.1) is 22.7 Å². The fraction of sp³-hybridized carbons (Fsp3) is 0.655. The van der Waals surface area contributed by atoms with Crippen molar-refractivity contribution in [3.8, 4) is 0 Å². The molecule has 7 heteroatoms. The number of piperidine rings is 1. The first-order valence-corrected chi connectivity index (χ1v) is 14.4. The van der Waals surface area contributed by atoms with Crippen LogP contribution in [0.15, 0.2) is 30.3 Å². The number of hydrogen-bond acceptors (Lipinski definition) is 6. The molecule has 6 nitrogen and oxygen atoms in total. The quantitative estimate of drug-likeness (QED) is 0.518. The zero-order chi connectivity index (χ0) is 25.5. The number of benzene rings is 1. The van der Waals surface area contributed by atoms with Crippen LogP contribution in [0.4, 0.5) is 5.13 Å². The first-order valence-electron chi connectivity index (χ1n) is 13.6. The molecular weight excluding hydrogens is 470 g/mol. The fourth-order valence-electron chi connectivity index (χ4n) is 7.06. The molecule has 0 spiro atoms. The van der Waals surface area contributed by atoms with Gasteiger partial charge in [-0.2, -0.15) is 0 Å². The molecule has 5 atom stereocenters. The molecule has 1 saturated carbocycles. The Hall–Kier alpha value is -1.96. The molecule has 2 aromatic rings. The number of likely N-dealkylation sites (tertiary alicyclic amines) is 1. The predicted octanol–water partition coefficient (Wildman–Crippen LogP) is 4.82. The lowest BCUT2D eigenvalue weighted by Crippen LogP contribution is -2.57. The smallest absolute Gasteiger partial charge is 0.223 e. The summed E-state index contributed by atoms with van der Waals surface area (Å²) in [4.78, 5) is 22.0. The molecule has 2 aliphatic carbocycles. The third-order valence-electron chi connectivity index (χ3n) is 9.70. The second kappa shape index (κ2) is 10.1. The van der Waals surface area contributed by atoms with Crippen LogP contribution >= 0.6 is 11.3 Å². The number of aliphatic hydroxyl groups is 2. The summed E-state index contributed by atoms with van der Waals surface area (Å²) in [6, 6.07) is 10.3. The van der Waals surface area contributed by atoms with Gasteiger partial charge in [-0.05, 0) is 54.9 Å². The van der Waals surface area contributed by atoms with Gasteiger partial charge in [0.25, 0.3) is 0 Å². The van der Waals surface area contributed by atoms with Crippen LogP contribution in [0.1, 0.15) is 74.9 Å². The Morgan fingerprint density at radius 2 is 1.92 bits per heavy atom. The number of carbonyl (C=O) groups is 1. The summed E-state index contributed by atoms with van der Waals surface area (Å²) >= 11 is 1.68. The van der Waals surface area contributed by atoms with Gasteiger partial charge in [0.1, 0.15) is 0 Å². The lowest BCUT2D eigenvalue weighted by Gasteiger charge is -2.58. The number of aliphatic hydroxyl groups excluding tert-OH is 2. The number of thiazole rings is 1. The summed E-state index contributed by atoms with van der Waals surface area (Å²) in [7, 11) is 0. The Kier molecular flexibility index (Phi) is 7.18. The molecule has 1 aliphatic heterocycles. The van der Waals surface area contributed by atoms with E-state index in [1.807, 2.05) is 25.1 Å². The van der Waals surface area contributed by atoms with Crippen LogP contribution in [0.3, 0.4) is 0 Å². The fourth-order valence-corrected chi connectivity index (χ4v) is 8.12. The summed E-state index contributed by atoms with van der Waals surface area (Å²) in [6.07, 6.45) is 4.33. The average molecular weight is 512 g/mol. The van der Waals surface area contributed by atoms with Gasteiger partial charge in [0.2, 0.25) is 5.91 Å². The molecule has 2 heterocycles. The van der Waals surface area contributed by atoms with Crippen molar-refractivity contribution in [1.29, 1.82) is 0 Å². The van der Waals surface area contributed by atoms with Crippen LogP contribution < -0.4 is 5.32 Å². The molecular formula is C29H41N3O3S. The highest BCUT2D eigenvalue weighted by atomic mass is 32.1. The Balaban J connectivity index is 1.46. The van der Waals surface area contributed by atoms with Gasteiger partial charge >= 0.3 is 0 Å². The van der Waals surface area contributed by atoms with Crippen LogP contribution in [0.25, 0.3) is 0 Å². The number of amides is 1. The monoisotopic (exact) mass is 511 g/mol. The average Bonchev–Trinajstić information content (AvgIpc) is 3.30. The third-order valence-corrected chi connectivity index (χ3v) is 10.7.